The highest BCUT2D eigenvalue weighted by molar-refractivity contribution is 14.0. The predicted octanol–water partition coefficient (Wildman–Crippen LogP) is 4.08. The largest absolute Gasteiger partial charge is 0.357 e. The lowest BCUT2D eigenvalue weighted by Crippen LogP contribution is -2.38. The van der Waals surface area contributed by atoms with E-state index in [2.05, 4.69) is 64.1 Å². The summed E-state index contributed by atoms with van der Waals surface area (Å²) in [7, 11) is 0. The second kappa shape index (κ2) is 12.5. The van der Waals surface area contributed by atoms with E-state index < -0.39 is 0 Å². The summed E-state index contributed by atoms with van der Waals surface area (Å²) in [6.07, 6.45) is 4.42. The number of aryl methyl sites for hydroxylation is 1. The summed E-state index contributed by atoms with van der Waals surface area (Å²) in [6.45, 7) is 6.22. The van der Waals surface area contributed by atoms with Gasteiger partial charge in [0.25, 0.3) is 5.89 Å². The van der Waals surface area contributed by atoms with Gasteiger partial charge in [0.05, 0.1) is 6.54 Å². The lowest BCUT2D eigenvalue weighted by Gasteiger charge is -2.11. The van der Waals surface area contributed by atoms with Gasteiger partial charge in [-0.15, -0.1) is 35.7 Å². The molecule has 160 valence electrons. The number of benzene rings is 1. The lowest BCUT2D eigenvalue weighted by atomic mass is 10.1. The first-order chi connectivity index (χ1) is 14.2. The van der Waals surface area contributed by atoms with Crippen molar-refractivity contribution < 1.29 is 4.52 Å². The average molecular weight is 538 g/mol. The van der Waals surface area contributed by atoms with E-state index in [1.165, 1.54) is 16.0 Å². The van der Waals surface area contributed by atoms with Gasteiger partial charge in [0.1, 0.15) is 5.69 Å². The highest BCUT2D eigenvalue weighted by Crippen LogP contribution is 2.22. The number of aliphatic imine (C=N–C) groups is 1. The third-order valence-electron chi connectivity index (χ3n) is 4.19. The molecule has 30 heavy (non-hydrogen) atoms. The fourth-order valence-electron chi connectivity index (χ4n) is 2.73. The van der Waals surface area contributed by atoms with Gasteiger partial charge in [0.15, 0.2) is 11.8 Å². The highest BCUT2D eigenvalue weighted by atomic mass is 127. The van der Waals surface area contributed by atoms with Crippen LogP contribution >= 0.6 is 35.7 Å². The number of rotatable bonds is 8. The van der Waals surface area contributed by atoms with Crippen molar-refractivity contribution in [3.05, 3.63) is 59.5 Å². The Hall–Kier alpha value is -2.14. The minimum atomic E-state index is 0. The first-order valence-electron chi connectivity index (χ1n) is 9.59. The van der Waals surface area contributed by atoms with Crippen molar-refractivity contribution in [2.24, 2.45) is 4.99 Å². The number of hydrogen-bond donors (Lipinski definition) is 2. The standard InChI is InChI=1S/C21H26N6OS.HI/c1-4-22-21(25-14-16-9-8-15(2)13-18(16)29-3)24-12-10-19-26-20(28-27-19)17-7-5-6-11-23-17;/h5-9,11,13H,4,10,12,14H2,1-3H3,(H2,22,24,25);1H. The summed E-state index contributed by atoms with van der Waals surface area (Å²) < 4.78 is 5.30. The number of aromatic nitrogens is 3. The first-order valence-corrected chi connectivity index (χ1v) is 10.8. The molecular formula is C21H27IN6OS. The molecule has 0 atom stereocenters. The molecule has 3 rings (SSSR count). The maximum Gasteiger partial charge on any atom is 0.276 e. The van der Waals surface area contributed by atoms with Gasteiger partial charge in [-0.2, -0.15) is 4.98 Å². The molecule has 0 bridgehead atoms. The highest BCUT2D eigenvalue weighted by Gasteiger charge is 2.09. The van der Waals surface area contributed by atoms with Crippen LogP contribution in [0.15, 0.2) is 57.0 Å². The van der Waals surface area contributed by atoms with E-state index in [9.17, 15) is 0 Å². The van der Waals surface area contributed by atoms with E-state index >= 15 is 0 Å². The number of pyridine rings is 1. The Morgan fingerprint density at radius 2 is 2.07 bits per heavy atom. The summed E-state index contributed by atoms with van der Waals surface area (Å²) in [6, 6.07) is 12.1. The van der Waals surface area contributed by atoms with Crippen molar-refractivity contribution in [1.82, 2.24) is 25.8 Å². The Morgan fingerprint density at radius 3 is 2.80 bits per heavy atom. The quantitative estimate of drug-likeness (QED) is 0.194. The Bertz CT molecular complexity index is 948. The third kappa shape index (κ3) is 6.98. The van der Waals surface area contributed by atoms with Crippen LogP contribution in [0.4, 0.5) is 0 Å². The van der Waals surface area contributed by atoms with Crippen molar-refractivity contribution in [3.8, 4) is 11.6 Å². The molecule has 0 unspecified atom stereocenters. The number of nitrogens with zero attached hydrogens (tertiary/aromatic N) is 4. The Kier molecular flexibility index (Phi) is 10.1. The van der Waals surface area contributed by atoms with Crippen LogP contribution in [0, 0.1) is 6.92 Å². The minimum absolute atomic E-state index is 0. The Labute approximate surface area is 198 Å². The zero-order valence-electron chi connectivity index (χ0n) is 17.4. The molecule has 0 aliphatic rings. The van der Waals surface area contributed by atoms with Gasteiger partial charge in [0.2, 0.25) is 0 Å². The van der Waals surface area contributed by atoms with E-state index in [1.807, 2.05) is 18.2 Å². The van der Waals surface area contributed by atoms with Crippen molar-refractivity contribution in [3.63, 3.8) is 0 Å². The summed E-state index contributed by atoms with van der Waals surface area (Å²) in [5.74, 6) is 1.84. The summed E-state index contributed by atoms with van der Waals surface area (Å²) >= 11 is 1.75. The van der Waals surface area contributed by atoms with E-state index in [0.29, 0.717) is 36.9 Å². The average Bonchev–Trinajstić information content (AvgIpc) is 3.22. The van der Waals surface area contributed by atoms with Gasteiger partial charge in [-0.3, -0.25) is 4.98 Å². The molecule has 3 aromatic rings. The smallest absolute Gasteiger partial charge is 0.276 e. The maximum absolute atomic E-state index is 5.30. The lowest BCUT2D eigenvalue weighted by molar-refractivity contribution is 0.421. The molecule has 0 aliphatic carbocycles. The minimum Gasteiger partial charge on any atom is -0.357 e. The van der Waals surface area contributed by atoms with Gasteiger partial charge in [-0.1, -0.05) is 23.4 Å². The molecule has 7 nitrogen and oxygen atoms in total. The van der Waals surface area contributed by atoms with Crippen LogP contribution in [0.3, 0.4) is 0 Å². The molecule has 0 saturated carbocycles. The van der Waals surface area contributed by atoms with Gasteiger partial charge in [0, 0.05) is 30.6 Å². The van der Waals surface area contributed by atoms with E-state index in [-0.39, 0.29) is 24.0 Å². The molecule has 0 radical (unpaired) electrons. The second-order valence-electron chi connectivity index (χ2n) is 6.42. The van der Waals surface area contributed by atoms with E-state index in [0.717, 1.165) is 12.5 Å². The number of nitrogens with one attached hydrogen (secondary N) is 2. The number of thioether (sulfide) groups is 1. The van der Waals surface area contributed by atoms with Gasteiger partial charge in [-0.05, 0) is 49.4 Å². The molecule has 2 heterocycles. The van der Waals surface area contributed by atoms with E-state index in [4.69, 9.17) is 9.52 Å². The van der Waals surface area contributed by atoms with Gasteiger partial charge in [-0.25, -0.2) is 4.99 Å². The summed E-state index contributed by atoms with van der Waals surface area (Å²) in [5, 5.41) is 10.6. The zero-order chi connectivity index (χ0) is 20.5. The Morgan fingerprint density at radius 1 is 1.20 bits per heavy atom. The fourth-order valence-corrected chi connectivity index (χ4v) is 3.43. The third-order valence-corrected chi connectivity index (χ3v) is 5.01. The normalized spacial score (nSPS) is 11.1. The molecule has 1 aromatic carbocycles. The van der Waals surface area contributed by atoms with Crippen molar-refractivity contribution in [2.75, 3.05) is 19.3 Å². The molecule has 0 aliphatic heterocycles. The van der Waals surface area contributed by atoms with Crippen LogP contribution in [-0.4, -0.2) is 40.4 Å². The first kappa shape index (κ1) is 24.1. The molecule has 2 N–H and O–H groups in total. The zero-order valence-corrected chi connectivity index (χ0v) is 20.5. The fraction of sp³-hybridized carbons (Fsp3) is 0.333. The SMILES string of the molecule is CCNC(=NCc1ccc(C)cc1SC)NCCc1noc(-c2ccccn2)n1.I. The van der Waals surface area contributed by atoms with Crippen molar-refractivity contribution >= 4 is 41.7 Å². The molecule has 0 fully saturated rings. The number of guanidine groups is 1. The van der Waals surface area contributed by atoms with Gasteiger partial charge >= 0.3 is 0 Å². The van der Waals surface area contributed by atoms with Gasteiger partial charge < -0.3 is 15.2 Å². The molecule has 0 saturated heterocycles. The number of hydrogen-bond acceptors (Lipinski definition) is 6. The van der Waals surface area contributed by atoms with Crippen molar-refractivity contribution in [2.45, 2.75) is 31.7 Å². The second-order valence-corrected chi connectivity index (χ2v) is 7.27. The van der Waals surface area contributed by atoms with Crippen LogP contribution < -0.4 is 10.6 Å². The van der Waals surface area contributed by atoms with Crippen LogP contribution in [0.2, 0.25) is 0 Å². The number of halogens is 1. The monoisotopic (exact) mass is 538 g/mol. The van der Waals surface area contributed by atoms with Crippen molar-refractivity contribution in [1.29, 1.82) is 0 Å². The van der Waals surface area contributed by atoms with Crippen LogP contribution in [0.25, 0.3) is 11.6 Å². The molecular weight excluding hydrogens is 511 g/mol. The topological polar surface area (TPSA) is 88.2 Å². The summed E-state index contributed by atoms with van der Waals surface area (Å²) in [4.78, 5) is 14.6. The maximum atomic E-state index is 5.30. The predicted molar refractivity (Wildman–Crippen MR) is 132 cm³/mol. The molecule has 9 heteroatoms. The van der Waals surface area contributed by atoms with Crippen LogP contribution in [0.1, 0.15) is 23.9 Å². The Balaban J connectivity index is 0.00000320. The molecule has 2 aromatic heterocycles. The molecule has 0 spiro atoms. The molecule has 0 amide bonds. The van der Waals surface area contributed by atoms with E-state index in [1.54, 1.807) is 18.0 Å². The van der Waals surface area contributed by atoms with Crippen LogP contribution in [0.5, 0.6) is 0 Å². The summed E-state index contributed by atoms with van der Waals surface area (Å²) in [5.41, 5.74) is 3.16. The van der Waals surface area contributed by atoms with Crippen LogP contribution in [-0.2, 0) is 13.0 Å².